The third kappa shape index (κ3) is 4.02. The zero-order valence-corrected chi connectivity index (χ0v) is 19.4. The minimum Gasteiger partial charge on any atom is -0.391 e. The molecule has 2 unspecified atom stereocenters. The molecular weight excluding hydrogens is 459 g/mol. The maximum Gasteiger partial charge on any atom is 0.416 e. The smallest absolute Gasteiger partial charge is 0.391 e. The Kier molecular flexibility index (Phi) is 5.52. The van der Waals surface area contributed by atoms with Crippen LogP contribution in [-0.4, -0.2) is 51.2 Å². The fourth-order valence-corrected chi connectivity index (χ4v) is 4.73. The van der Waals surface area contributed by atoms with Crippen LogP contribution in [0.5, 0.6) is 0 Å². The molecule has 1 saturated heterocycles. The fourth-order valence-electron chi connectivity index (χ4n) is 4.73. The summed E-state index contributed by atoms with van der Waals surface area (Å²) in [5.41, 5.74) is 6.54. The molecule has 1 aromatic heterocycles. The molecule has 0 spiro atoms. The first-order valence-electron chi connectivity index (χ1n) is 11.2. The summed E-state index contributed by atoms with van der Waals surface area (Å²) in [5.74, 6) is 0.254. The van der Waals surface area contributed by atoms with Crippen molar-refractivity contribution in [1.82, 2.24) is 20.4 Å². The summed E-state index contributed by atoms with van der Waals surface area (Å²) in [7, 11) is 0. The van der Waals surface area contributed by atoms with Gasteiger partial charge in [-0.3, -0.25) is 4.79 Å². The lowest BCUT2D eigenvalue weighted by molar-refractivity contribution is -0.137. The summed E-state index contributed by atoms with van der Waals surface area (Å²) in [6.45, 7) is 6.49. The first kappa shape index (κ1) is 23.3. The number of aryl methyl sites for hydroxylation is 1. The van der Waals surface area contributed by atoms with E-state index in [2.05, 4.69) is 15.4 Å². The van der Waals surface area contributed by atoms with Gasteiger partial charge in [-0.15, -0.1) is 0 Å². The van der Waals surface area contributed by atoms with Crippen molar-refractivity contribution in [2.24, 2.45) is 0 Å². The molecule has 3 heterocycles. The van der Waals surface area contributed by atoms with Crippen LogP contribution in [0.25, 0.3) is 22.3 Å². The number of carbonyl (C=O) groups is 1. The minimum absolute atomic E-state index is 0.136. The molecule has 0 saturated carbocycles. The average Bonchev–Trinajstić information content (AvgIpc) is 3.16. The number of hydrogen-bond donors (Lipinski definition) is 2. The van der Waals surface area contributed by atoms with Gasteiger partial charge in [-0.2, -0.15) is 13.2 Å². The number of aromatic nitrogens is 2. The Morgan fingerprint density at radius 1 is 1.14 bits per heavy atom. The number of nitrogens with zero attached hydrogens (tertiary/aromatic N) is 4. The highest BCUT2D eigenvalue weighted by atomic mass is 19.4. The van der Waals surface area contributed by atoms with Gasteiger partial charge in [0.2, 0.25) is 0 Å². The number of nitrogens with one attached hydrogen (secondary N) is 1. The molecule has 2 aliphatic heterocycles. The van der Waals surface area contributed by atoms with Crippen LogP contribution >= 0.6 is 0 Å². The second-order valence-electron chi connectivity index (χ2n) is 8.95. The third-order valence-electron chi connectivity index (χ3n) is 6.54. The lowest BCUT2D eigenvalue weighted by atomic mass is 10.0. The predicted octanol–water partition coefficient (Wildman–Crippen LogP) is 3.81. The van der Waals surface area contributed by atoms with Gasteiger partial charge in [-0.1, -0.05) is 0 Å². The Labute approximate surface area is 199 Å². The molecule has 182 valence electrons. The number of benzene rings is 2. The van der Waals surface area contributed by atoms with E-state index < -0.39 is 17.8 Å². The van der Waals surface area contributed by atoms with E-state index >= 15 is 0 Å². The maximum atomic E-state index is 13.3. The Balaban J connectivity index is 1.44. The van der Waals surface area contributed by atoms with Crippen molar-refractivity contribution >= 4 is 22.5 Å². The van der Waals surface area contributed by atoms with Crippen molar-refractivity contribution in [3.63, 3.8) is 0 Å². The summed E-state index contributed by atoms with van der Waals surface area (Å²) in [4.78, 5) is 23.8. The van der Waals surface area contributed by atoms with Crippen molar-refractivity contribution in [1.29, 1.82) is 0 Å². The number of anilines is 1. The Hall–Kier alpha value is -3.50. The first-order chi connectivity index (χ1) is 16.5. The van der Waals surface area contributed by atoms with E-state index in [0.717, 1.165) is 29.0 Å². The molecular formula is C25H24F3N5O2. The molecule has 0 radical (unpaired) electrons. The second kappa shape index (κ2) is 8.31. The van der Waals surface area contributed by atoms with E-state index in [1.807, 2.05) is 31.0 Å². The Morgan fingerprint density at radius 2 is 1.91 bits per heavy atom. The highest BCUT2D eigenvalue weighted by Crippen LogP contribution is 2.34. The van der Waals surface area contributed by atoms with Crippen LogP contribution < -0.4 is 10.3 Å². The number of hydrazine groups is 1. The molecule has 7 nitrogen and oxygen atoms in total. The first-order valence-corrected chi connectivity index (χ1v) is 11.2. The normalized spacial score (nSPS) is 19.5. The largest absolute Gasteiger partial charge is 0.416 e. The van der Waals surface area contributed by atoms with Gasteiger partial charge < -0.3 is 15.0 Å². The van der Waals surface area contributed by atoms with Crippen molar-refractivity contribution in [3.05, 3.63) is 65.0 Å². The summed E-state index contributed by atoms with van der Waals surface area (Å²) in [6, 6.07) is 8.60. The SMILES string of the molecule is CC1=C2C(=O)N(c3ccc(-c4ncc5cc(C(F)(F)F)ccc5n4)cc3C)CCN2NC1C(C)O. The maximum absolute atomic E-state index is 13.3. The van der Waals surface area contributed by atoms with Gasteiger partial charge in [-0.25, -0.2) is 15.4 Å². The fraction of sp³-hybridized carbons (Fsp3) is 0.320. The third-order valence-corrected chi connectivity index (χ3v) is 6.54. The molecule has 0 aliphatic carbocycles. The topological polar surface area (TPSA) is 81.6 Å². The molecule has 1 amide bonds. The zero-order chi connectivity index (χ0) is 25.1. The number of aliphatic hydroxyl groups is 1. The van der Waals surface area contributed by atoms with Gasteiger partial charge in [0.25, 0.3) is 5.91 Å². The monoisotopic (exact) mass is 483 g/mol. The average molecular weight is 483 g/mol. The van der Waals surface area contributed by atoms with Gasteiger partial charge >= 0.3 is 6.18 Å². The Bertz CT molecular complexity index is 1370. The molecule has 3 aromatic rings. The number of carbonyl (C=O) groups excluding carboxylic acids is 1. The van der Waals surface area contributed by atoms with Gasteiger partial charge in [0, 0.05) is 29.4 Å². The van der Waals surface area contributed by atoms with Gasteiger partial charge in [0.15, 0.2) is 5.82 Å². The van der Waals surface area contributed by atoms with E-state index in [1.165, 1.54) is 12.3 Å². The lowest BCUT2D eigenvalue weighted by Crippen LogP contribution is -2.52. The van der Waals surface area contributed by atoms with Crippen molar-refractivity contribution in [2.45, 2.75) is 39.1 Å². The molecule has 5 rings (SSSR count). The van der Waals surface area contributed by atoms with Crippen LogP contribution in [0.3, 0.4) is 0 Å². The van der Waals surface area contributed by atoms with Crippen molar-refractivity contribution < 1.29 is 23.1 Å². The van der Waals surface area contributed by atoms with E-state index in [1.54, 1.807) is 17.9 Å². The van der Waals surface area contributed by atoms with Gasteiger partial charge in [-0.05, 0) is 68.3 Å². The number of aliphatic hydroxyl groups excluding tert-OH is 1. The van der Waals surface area contributed by atoms with Crippen LogP contribution in [0.1, 0.15) is 25.0 Å². The molecule has 1 fully saturated rings. The molecule has 10 heteroatoms. The second-order valence-corrected chi connectivity index (χ2v) is 8.95. The number of amides is 1. The summed E-state index contributed by atoms with van der Waals surface area (Å²) in [6.07, 6.45) is -3.67. The van der Waals surface area contributed by atoms with Gasteiger partial charge in [0.1, 0.15) is 5.70 Å². The molecule has 2 N–H and O–H groups in total. The molecule has 2 atom stereocenters. The molecule has 2 aliphatic rings. The molecule has 35 heavy (non-hydrogen) atoms. The van der Waals surface area contributed by atoms with E-state index in [0.29, 0.717) is 41.1 Å². The van der Waals surface area contributed by atoms with Crippen LogP contribution in [0.15, 0.2) is 53.9 Å². The number of fused-ring (bicyclic) bond motifs is 2. The summed E-state index contributed by atoms with van der Waals surface area (Å²) in [5, 5.41) is 12.1. The van der Waals surface area contributed by atoms with E-state index in [4.69, 9.17) is 0 Å². The van der Waals surface area contributed by atoms with Crippen molar-refractivity contribution in [3.8, 4) is 11.4 Å². The highest BCUT2D eigenvalue weighted by molar-refractivity contribution is 6.07. The Morgan fingerprint density at radius 3 is 2.60 bits per heavy atom. The predicted molar refractivity (Wildman–Crippen MR) is 125 cm³/mol. The van der Waals surface area contributed by atoms with Crippen LogP contribution in [0, 0.1) is 6.92 Å². The van der Waals surface area contributed by atoms with E-state index in [-0.39, 0.29) is 11.9 Å². The van der Waals surface area contributed by atoms with Gasteiger partial charge in [0.05, 0.1) is 29.8 Å². The van der Waals surface area contributed by atoms with Crippen LogP contribution in [-0.2, 0) is 11.0 Å². The van der Waals surface area contributed by atoms with Crippen molar-refractivity contribution in [2.75, 3.05) is 18.0 Å². The van der Waals surface area contributed by atoms with Crippen LogP contribution in [0.4, 0.5) is 18.9 Å². The quantitative estimate of drug-likeness (QED) is 0.590. The standard InChI is InChI=1S/C25H24F3N5O2/c1-13-10-16(23-29-12-17-11-18(25(26,27)28)5-6-19(17)30-23)4-7-20(13)32-8-9-33-22(24(32)35)14(2)21(31-33)15(3)34/h4-7,10-12,15,21,31,34H,8-9H2,1-3H3. The highest BCUT2D eigenvalue weighted by Gasteiger charge is 2.40. The minimum atomic E-state index is -4.43. The number of rotatable bonds is 3. The van der Waals surface area contributed by atoms with E-state index in [9.17, 15) is 23.1 Å². The number of piperazine rings is 1. The number of alkyl halides is 3. The number of hydrogen-bond acceptors (Lipinski definition) is 6. The van der Waals surface area contributed by atoms with Crippen LogP contribution in [0.2, 0.25) is 0 Å². The summed E-state index contributed by atoms with van der Waals surface area (Å²) < 4.78 is 38.9. The zero-order valence-electron chi connectivity index (χ0n) is 19.4. The molecule has 2 aromatic carbocycles. The number of halogens is 3. The summed E-state index contributed by atoms with van der Waals surface area (Å²) >= 11 is 0. The molecule has 0 bridgehead atoms. The lowest BCUT2D eigenvalue weighted by Gasteiger charge is -2.35.